The fourth-order valence-corrected chi connectivity index (χ4v) is 4.11. The van der Waals surface area contributed by atoms with E-state index in [1.807, 2.05) is 42.5 Å². The number of hydrogen-bond donors (Lipinski definition) is 3. The van der Waals surface area contributed by atoms with Gasteiger partial charge in [-0.2, -0.15) is 5.10 Å². The van der Waals surface area contributed by atoms with Crippen LogP contribution in [0.2, 0.25) is 0 Å². The molecule has 0 saturated heterocycles. The molecule has 0 bridgehead atoms. The van der Waals surface area contributed by atoms with Gasteiger partial charge >= 0.3 is 12.1 Å². The maximum Gasteiger partial charge on any atom is 0.428 e. The van der Waals surface area contributed by atoms with Crippen molar-refractivity contribution < 1.29 is 23.9 Å². The number of hydrogen-bond acceptors (Lipinski definition) is 7. The Bertz CT molecular complexity index is 1290. The maximum atomic E-state index is 12.9. The summed E-state index contributed by atoms with van der Waals surface area (Å²) < 4.78 is 9.90. The smallest absolute Gasteiger partial charge is 0.428 e. The number of methoxy groups -OCH3 is 1. The molecule has 0 radical (unpaired) electrons. The molecule has 1 atom stereocenters. The van der Waals surface area contributed by atoms with Crippen molar-refractivity contribution in [2.75, 3.05) is 17.7 Å². The number of carbonyl (C=O) groups excluding carboxylic acids is 3. The number of benzene rings is 3. The number of rotatable bonds is 8. The molecule has 0 aliphatic carbocycles. The standard InChI is InChI=1S/C29H30N4O5/c1-37-27(34)17-25-9-5-8-22-12-13-23(16-26(22)31-25)28(35)32-24-14-10-20(11-15-24)18-30-33-29(36)38-19-21-6-3-2-4-7-21/h2-4,6-7,10-16,18,25,31H,5,8-9,17,19H2,1H3,(H,32,35)(H,33,36). The first-order chi connectivity index (χ1) is 18.5. The van der Waals surface area contributed by atoms with Crippen LogP contribution in [0.25, 0.3) is 0 Å². The summed E-state index contributed by atoms with van der Waals surface area (Å²) in [4.78, 5) is 36.4. The van der Waals surface area contributed by atoms with Gasteiger partial charge < -0.3 is 20.1 Å². The van der Waals surface area contributed by atoms with Crippen LogP contribution in [0.5, 0.6) is 0 Å². The Labute approximate surface area is 221 Å². The van der Waals surface area contributed by atoms with Crippen LogP contribution >= 0.6 is 0 Å². The van der Waals surface area contributed by atoms with Crippen LogP contribution in [-0.2, 0) is 27.3 Å². The number of esters is 1. The molecular formula is C29H30N4O5. The van der Waals surface area contributed by atoms with Gasteiger partial charge in [-0.05, 0) is 60.2 Å². The van der Waals surface area contributed by atoms with Crippen molar-refractivity contribution in [1.82, 2.24) is 5.43 Å². The zero-order valence-electron chi connectivity index (χ0n) is 21.1. The summed E-state index contributed by atoms with van der Waals surface area (Å²) in [5.74, 6) is -0.500. The van der Waals surface area contributed by atoms with E-state index in [0.29, 0.717) is 11.3 Å². The summed E-state index contributed by atoms with van der Waals surface area (Å²) in [5.41, 5.74) is 7.06. The fraction of sp³-hybridized carbons (Fsp3) is 0.241. The number of amides is 2. The predicted octanol–water partition coefficient (Wildman–Crippen LogP) is 4.88. The van der Waals surface area contributed by atoms with Crippen molar-refractivity contribution in [3.8, 4) is 0 Å². The summed E-state index contributed by atoms with van der Waals surface area (Å²) in [6.07, 6.45) is 3.80. The van der Waals surface area contributed by atoms with Crippen molar-refractivity contribution in [2.24, 2.45) is 5.10 Å². The normalized spacial score (nSPS) is 14.5. The molecule has 0 spiro atoms. The van der Waals surface area contributed by atoms with Crippen LogP contribution in [0, 0.1) is 0 Å². The molecule has 3 N–H and O–H groups in total. The molecule has 9 heteroatoms. The van der Waals surface area contributed by atoms with E-state index in [1.165, 1.54) is 13.3 Å². The van der Waals surface area contributed by atoms with Crippen LogP contribution in [0.1, 0.15) is 46.3 Å². The van der Waals surface area contributed by atoms with Gasteiger partial charge in [0.05, 0.1) is 19.7 Å². The van der Waals surface area contributed by atoms with E-state index in [2.05, 4.69) is 21.2 Å². The zero-order chi connectivity index (χ0) is 26.7. The molecule has 0 fully saturated rings. The first-order valence-electron chi connectivity index (χ1n) is 12.4. The number of nitrogens with one attached hydrogen (secondary N) is 3. The Kier molecular flexibility index (Phi) is 9.07. The second-order valence-electron chi connectivity index (χ2n) is 8.89. The van der Waals surface area contributed by atoms with E-state index in [4.69, 9.17) is 9.47 Å². The third kappa shape index (κ3) is 7.67. The van der Waals surface area contributed by atoms with Crippen LogP contribution in [-0.4, -0.2) is 37.3 Å². The summed E-state index contributed by atoms with van der Waals surface area (Å²) >= 11 is 0. The van der Waals surface area contributed by atoms with Gasteiger partial charge in [0, 0.05) is 23.0 Å². The zero-order valence-corrected chi connectivity index (χ0v) is 21.1. The molecule has 3 aromatic rings. The second kappa shape index (κ2) is 13.0. The Morgan fingerprint density at radius 2 is 1.84 bits per heavy atom. The number of aryl methyl sites for hydroxylation is 1. The maximum absolute atomic E-state index is 12.9. The highest BCUT2D eigenvalue weighted by Gasteiger charge is 2.20. The van der Waals surface area contributed by atoms with Gasteiger partial charge in [0.15, 0.2) is 0 Å². The third-order valence-electron chi connectivity index (χ3n) is 6.12. The molecule has 1 unspecified atom stereocenters. The van der Waals surface area contributed by atoms with Crippen molar-refractivity contribution in [1.29, 1.82) is 0 Å². The lowest BCUT2D eigenvalue weighted by Crippen LogP contribution is -2.23. The molecule has 0 aromatic heterocycles. The molecule has 3 aromatic carbocycles. The molecule has 1 aliphatic heterocycles. The van der Waals surface area contributed by atoms with E-state index in [1.54, 1.807) is 30.3 Å². The molecule has 196 valence electrons. The number of fused-ring (bicyclic) bond motifs is 1. The van der Waals surface area contributed by atoms with E-state index in [-0.39, 0.29) is 30.9 Å². The lowest BCUT2D eigenvalue weighted by atomic mass is 10.0. The SMILES string of the molecule is COC(=O)CC1CCCc2ccc(C(=O)Nc3ccc(C=NNC(=O)OCc4ccccc4)cc3)cc2N1. The van der Waals surface area contributed by atoms with E-state index >= 15 is 0 Å². The lowest BCUT2D eigenvalue weighted by Gasteiger charge is -2.17. The molecule has 1 heterocycles. The molecule has 4 rings (SSSR count). The van der Waals surface area contributed by atoms with Crippen molar-refractivity contribution in [2.45, 2.75) is 38.3 Å². The predicted molar refractivity (Wildman–Crippen MR) is 145 cm³/mol. The third-order valence-corrected chi connectivity index (χ3v) is 6.12. The van der Waals surface area contributed by atoms with Gasteiger partial charge in [-0.3, -0.25) is 9.59 Å². The van der Waals surface area contributed by atoms with Crippen molar-refractivity contribution >= 4 is 35.6 Å². The van der Waals surface area contributed by atoms with Gasteiger partial charge in [-0.25, -0.2) is 10.2 Å². The Morgan fingerprint density at radius 3 is 2.61 bits per heavy atom. The lowest BCUT2D eigenvalue weighted by molar-refractivity contribution is -0.140. The summed E-state index contributed by atoms with van der Waals surface area (Å²) in [6.45, 7) is 0.158. The molecule has 1 aliphatic rings. The fourth-order valence-electron chi connectivity index (χ4n) is 4.11. The quantitative estimate of drug-likeness (QED) is 0.224. The first kappa shape index (κ1) is 26.4. The van der Waals surface area contributed by atoms with Gasteiger partial charge in [-0.15, -0.1) is 0 Å². The Hall–Kier alpha value is -4.66. The second-order valence-corrected chi connectivity index (χ2v) is 8.89. The average Bonchev–Trinajstić information content (AvgIpc) is 3.14. The Balaban J connectivity index is 1.29. The molecule has 38 heavy (non-hydrogen) atoms. The highest BCUT2D eigenvalue weighted by molar-refractivity contribution is 6.05. The molecule has 2 amide bonds. The summed E-state index contributed by atoms with van der Waals surface area (Å²) in [6, 6.07) is 22.0. The largest absolute Gasteiger partial charge is 0.469 e. The van der Waals surface area contributed by atoms with Gasteiger partial charge in [-0.1, -0.05) is 48.5 Å². The van der Waals surface area contributed by atoms with Crippen molar-refractivity contribution in [3.05, 3.63) is 95.1 Å². The molecule has 0 saturated carbocycles. The van der Waals surface area contributed by atoms with Crippen LogP contribution in [0.3, 0.4) is 0 Å². The molecule has 9 nitrogen and oxygen atoms in total. The minimum absolute atomic E-state index is 0.0311. The Morgan fingerprint density at radius 1 is 1.05 bits per heavy atom. The number of anilines is 2. The van der Waals surface area contributed by atoms with Gasteiger partial charge in [0.2, 0.25) is 0 Å². The van der Waals surface area contributed by atoms with Gasteiger partial charge in [0.1, 0.15) is 6.61 Å². The summed E-state index contributed by atoms with van der Waals surface area (Å²) in [5, 5.41) is 10.2. The van der Waals surface area contributed by atoms with Crippen LogP contribution in [0.4, 0.5) is 16.2 Å². The number of hydrazone groups is 1. The van der Waals surface area contributed by atoms with Gasteiger partial charge in [0.25, 0.3) is 5.91 Å². The monoisotopic (exact) mass is 514 g/mol. The van der Waals surface area contributed by atoms with E-state index in [0.717, 1.165) is 41.6 Å². The average molecular weight is 515 g/mol. The highest BCUT2D eigenvalue weighted by atomic mass is 16.6. The topological polar surface area (TPSA) is 118 Å². The number of nitrogens with zero attached hydrogens (tertiary/aromatic N) is 1. The first-order valence-corrected chi connectivity index (χ1v) is 12.4. The summed E-state index contributed by atoms with van der Waals surface area (Å²) in [7, 11) is 1.38. The van der Waals surface area contributed by atoms with E-state index in [9.17, 15) is 14.4 Å². The van der Waals surface area contributed by atoms with Crippen molar-refractivity contribution in [3.63, 3.8) is 0 Å². The highest BCUT2D eigenvalue weighted by Crippen LogP contribution is 2.27. The van der Waals surface area contributed by atoms with Crippen LogP contribution in [0.15, 0.2) is 77.9 Å². The van der Waals surface area contributed by atoms with E-state index < -0.39 is 6.09 Å². The molecular weight excluding hydrogens is 484 g/mol. The van der Waals surface area contributed by atoms with Crippen LogP contribution < -0.4 is 16.1 Å². The minimum Gasteiger partial charge on any atom is -0.469 e. The minimum atomic E-state index is -0.652. The number of ether oxygens (including phenoxy) is 2. The number of carbonyl (C=O) groups is 3.